The smallest absolute Gasteiger partial charge is 0.463 e. The highest BCUT2D eigenvalue weighted by Gasteiger charge is 2.24. The third kappa shape index (κ3) is 19.8. The summed E-state index contributed by atoms with van der Waals surface area (Å²) >= 11 is 0. The van der Waals surface area contributed by atoms with Crippen molar-refractivity contribution in [2.45, 2.75) is 41.5 Å². The molecule has 0 rings (SSSR count). The number of phosphoric ester groups is 1. The molecule has 13 heteroatoms. The Morgan fingerprint density at radius 1 is 0.778 bits per heavy atom. The van der Waals surface area contributed by atoms with Crippen LogP contribution in [0, 0.1) is 10.8 Å². The van der Waals surface area contributed by atoms with Gasteiger partial charge in [-0.15, -0.1) is 0 Å². The van der Waals surface area contributed by atoms with E-state index in [9.17, 15) is 18.7 Å². The van der Waals surface area contributed by atoms with Gasteiger partial charge < -0.3 is 24.2 Å². The van der Waals surface area contributed by atoms with Gasteiger partial charge in [0.25, 0.3) is 0 Å². The maximum absolute atomic E-state index is 11.1. The number of phosphoric acid groups is 1. The number of rotatable bonds is 7. The van der Waals surface area contributed by atoms with Crippen molar-refractivity contribution in [2.75, 3.05) is 26.7 Å². The molecule has 27 heavy (non-hydrogen) atoms. The summed E-state index contributed by atoms with van der Waals surface area (Å²) in [4.78, 5) is 47.5. The van der Waals surface area contributed by atoms with Crippen LogP contribution in [0.3, 0.4) is 0 Å². The lowest BCUT2D eigenvalue weighted by Gasteiger charge is -2.16. The first kappa shape index (κ1) is 28.4. The Kier molecular flexibility index (Phi) is 11.9. The van der Waals surface area contributed by atoms with Crippen molar-refractivity contribution in [3.8, 4) is 0 Å². The first-order valence-electron chi connectivity index (χ1n) is 7.75. The fourth-order valence-electron chi connectivity index (χ4n) is 0.901. The first-order chi connectivity index (χ1) is 11.8. The molecule has 3 N–H and O–H groups in total. The van der Waals surface area contributed by atoms with E-state index in [1.54, 1.807) is 41.5 Å². The van der Waals surface area contributed by atoms with Crippen molar-refractivity contribution in [3.63, 3.8) is 0 Å². The Morgan fingerprint density at radius 2 is 1.19 bits per heavy atom. The second-order valence-corrected chi connectivity index (χ2v) is 10.5. The quantitative estimate of drug-likeness (QED) is 0.231. The van der Waals surface area contributed by atoms with Crippen LogP contribution < -0.4 is 0 Å². The van der Waals surface area contributed by atoms with Gasteiger partial charge in [0.15, 0.2) is 0 Å². The van der Waals surface area contributed by atoms with Crippen molar-refractivity contribution in [3.05, 3.63) is 0 Å². The van der Waals surface area contributed by atoms with E-state index in [4.69, 9.17) is 19.4 Å². The van der Waals surface area contributed by atoms with Crippen LogP contribution in [-0.2, 0) is 37.2 Å². The molecule has 0 aromatic carbocycles. The zero-order valence-corrected chi connectivity index (χ0v) is 18.4. The summed E-state index contributed by atoms with van der Waals surface area (Å²) in [6, 6.07) is 0. The third-order valence-corrected chi connectivity index (χ3v) is 3.39. The monoisotopic (exact) mass is 436 g/mol. The topological polar surface area (TPSA) is 166 Å². The van der Waals surface area contributed by atoms with E-state index in [1.165, 1.54) is 0 Å². The van der Waals surface area contributed by atoms with Gasteiger partial charge >= 0.3 is 27.4 Å². The van der Waals surface area contributed by atoms with Crippen LogP contribution in [0.15, 0.2) is 0 Å². The Balaban J connectivity index is 0. The molecule has 0 aromatic heterocycles. The van der Waals surface area contributed by atoms with E-state index in [1.807, 2.05) is 0 Å². The van der Waals surface area contributed by atoms with Crippen molar-refractivity contribution in [2.24, 2.45) is 10.8 Å². The van der Waals surface area contributed by atoms with E-state index in [-0.39, 0.29) is 13.2 Å². The van der Waals surface area contributed by atoms with Crippen LogP contribution in [0.2, 0.25) is 0 Å². The van der Waals surface area contributed by atoms with Crippen molar-refractivity contribution >= 4 is 27.4 Å². The number of hydrogen-bond acceptors (Lipinski definition) is 8. The molecule has 0 saturated carbocycles. The molecular weight excluding hydrogens is 406 g/mol. The van der Waals surface area contributed by atoms with Gasteiger partial charge in [-0.25, -0.2) is 4.57 Å². The van der Waals surface area contributed by atoms with E-state index >= 15 is 0 Å². The molecule has 11 nitrogen and oxygen atoms in total. The number of hydrogen-bond donors (Lipinski definition) is 3. The van der Waals surface area contributed by atoms with E-state index in [0.717, 1.165) is 6.66 Å². The number of ether oxygens (including phenoxy) is 2. The number of carbonyl (C=O) groups is 2. The third-order valence-electron chi connectivity index (χ3n) is 2.28. The molecule has 0 spiro atoms. The molecule has 0 heterocycles. The van der Waals surface area contributed by atoms with E-state index in [0.29, 0.717) is 0 Å². The summed E-state index contributed by atoms with van der Waals surface area (Å²) in [5.74, 6) is -0.909. The zero-order valence-electron chi connectivity index (χ0n) is 16.6. The Bertz CT molecular complexity index is 563. The average molecular weight is 436 g/mol. The first-order valence-corrected chi connectivity index (χ1v) is 11.3. The summed E-state index contributed by atoms with van der Waals surface area (Å²) in [7, 11) is -8.01. The number of esters is 2. The molecule has 0 aliphatic rings. The second-order valence-electron chi connectivity index (χ2n) is 7.44. The molecule has 0 fully saturated rings. The molecule has 1 atom stereocenters. The van der Waals surface area contributed by atoms with Crippen molar-refractivity contribution in [1.29, 1.82) is 0 Å². The molecule has 0 aromatic rings. The van der Waals surface area contributed by atoms with Crippen LogP contribution in [0.25, 0.3) is 0 Å². The van der Waals surface area contributed by atoms with Gasteiger partial charge in [0.05, 0.1) is 17.4 Å². The normalized spacial score (nSPS) is 14.4. The number of carbonyl (C=O) groups excluding carboxylic acids is 2. The van der Waals surface area contributed by atoms with Crippen molar-refractivity contribution < 1.29 is 51.9 Å². The summed E-state index contributed by atoms with van der Waals surface area (Å²) < 4.78 is 38.5. The Morgan fingerprint density at radius 3 is 1.52 bits per heavy atom. The predicted octanol–water partition coefficient (Wildman–Crippen LogP) is 2.05. The molecule has 0 amide bonds. The van der Waals surface area contributed by atoms with E-state index < -0.39 is 45.0 Å². The predicted molar refractivity (Wildman–Crippen MR) is 95.7 cm³/mol. The van der Waals surface area contributed by atoms with Gasteiger partial charge in [0.2, 0.25) is 6.79 Å². The fraction of sp³-hybridized carbons (Fsp3) is 0.857. The lowest BCUT2D eigenvalue weighted by molar-refractivity contribution is -0.159. The molecule has 0 aliphatic carbocycles. The van der Waals surface area contributed by atoms with Crippen LogP contribution in [0.5, 0.6) is 0 Å². The molecular formula is C14H30O11P2. The molecule has 1 unspecified atom stereocenters. The van der Waals surface area contributed by atoms with Gasteiger partial charge in [-0.05, 0) is 41.5 Å². The fourth-order valence-corrected chi connectivity index (χ4v) is 1.46. The SMILES string of the molecule is CC(C)(C)C(=O)OCCOP(=O)(O)O.CC(C)(C)C(=O)OCOP(C)(=O)O. The van der Waals surface area contributed by atoms with Crippen LogP contribution in [0.1, 0.15) is 41.5 Å². The maximum atomic E-state index is 11.1. The van der Waals surface area contributed by atoms with Gasteiger partial charge in [-0.1, -0.05) is 0 Å². The van der Waals surface area contributed by atoms with Crippen molar-refractivity contribution in [1.82, 2.24) is 0 Å². The lowest BCUT2D eigenvalue weighted by Crippen LogP contribution is -2.24. The minimum atomic E-state index is -4.46. The summed E-state index contributed by atoms with van der Waals surface area (Å²) in [5.41, 5.74) is -1.25. The Labute approximate surface area is 159 Å². The Hall–Kier alpha value is -0.800. The molecule has 0 aliphatic heterocycles. The van der Waals surface area contributed by atoms with Gasteiger partial charge in [0.1, 0.15) is 6.61 Å². The molecule has 0 bridgehead atoms. The van der Waals surface area contributed by atoms with E-state index in [2.05, 4.69) is 13.8 Å². The van der Waals surface area contributed by atoms with Gasteiger partial charge in [0, 0.05) is 6.66 Å². The van der Waals surface area contributed by atoms with Crippen LogP contribution in [-0.4, -0.2) is 53.3 Å². The van der Waals surface area contributed by atoms with Gasteiger partial charge in [-0.2, -0.15) is 0 Å². The molecule has 0 saturated heterocycles. The summed E-state index contributed by atoms with van der Waals surface area (Å²) in [5, 5.41) is 0. The highest BCUT2D eigenvalue weighted by molar-refractivity contribution is 7.51. The van der Waals surface area contributed by atoms with Gasteiger partial charge in [-0.3, -0.25) is 23.2 Å². The summed E-state index contributed by atoms with van der Waals surface area (Å²) in [6.45, 7) is 10.1. The zero-order chi connectivity index (χ0) is 22.1. The summed E-state index contributed by atoms with van der Waals surface area (Å²) in [6.07, 6.45) is 0. The van der Waals surface area contributed by atoms with Crippen LogP contribution in [0.4, 0.5) is 0 Å². The molecule has 162 valence electrons. The highest BCUT2D eigenvalue weighted by atomic mass is 31.2. The maximum Gasteiger partial charge on any atom is 0.469 e. The standard InChI is InChI=1S/C7H15O6P.C7H15O5P/c1-7(2,3)6(8)12-4-5-13-14(9,10)11;1-7(2,3)6(8)11-5-12-13(4,9)10/h4-5H2,1-3H3,(H2,9,10,11);5H2,1-4H3,(H,9,10). The van der Waals surface area contributed by atoms with Crippen LogP contribution >= 0.6 is 15.4 Å². The second kappa shape index (κ2) is 11.3. The minimum absolute atomic E-state index is 0.165. The lowest BCUT2D eigenvalue weighted by atomic mass is 9.97. The highest BCUT2D eigenvalue weighted by Crippen LogP contribution is 2.36. The molecule has 0 radical (unpaired) electrons. The average Bonchev–Trinajstić information content (AvgIpc) is 2.39. The minimum Gasteiger partial charge on any atom is -0.463 e. The largest absolute Gasteiger partial charge is 0.469 e.